The first-order valence-electron chi connectivity index (χ1n) is 12.8. The van der Waals surface area contributed by atoms with Gasteiger partial charge >= 0.3 is 18.2 Å². The molecule has 10 nitrogen and oxygen atoms in total. The van der Waals surface area contributed by atoms with Crippen LogP contribution < -0.4 is 19.1 Å². The molecule has 0 saturated carbocycles. The first-order chi connectivity index (χ1) is 19.2. The van der Waals surface area contributed by atoms with Crippen molar-refractivity contribution in [3.8, 4) is 17.5 Å². The number of aromatic nitrogens is 2. The first-order valence-corrected chi connectivity index (χ1v) is 12.8. The zero-order chi connectivity index (χ0) is 28.1. The van der Waals surface area contributed by atoms with Crippen LogP contribution in [0.2, 0.25) is 0 Å². The van der Waals surface area contributed by atoms with Gasteiger partial charge in [-0.1, -0.05) is 24.3 Å². The summed E-state index contributed by atoms with van der Waals surface area (Å²) in [7, 11) is 0. The average Bonchev–Trinajstić information content (AvgIpc) is 3.37. The second kappa shape index (κ2) is 11.9. The summed E-state index contributed by atoms with van der Waals surface area (Å²) in [5, 5.41) is 10.9. The van der Waals surface area contributed by atoms with Crippen LogP contribution in [-0.4, -0.2) is 71.2 Å². The summed E-state index contributed by atoms with van der Waals surface area (Å²) >= 11 is 0. The summed E-state index contributed by atoms with van der Waals surface area (Å²) in [6, 6.07) is 13.9. The van der Waals surface area contributed by atoms with Crippen molar-refractivity contribution in [2.45, 2.75) is 25.4 Å². The molecule has 3 aromatic rings. The fraction of sp³-hybridized carbons (Fsp3) is 0.370. The fourth-order valence-corrected chi connectivity index (χ4v) is 4.59. The third kappa shape index (κ3) is 7.23. The molecule has 0 unspecified atom stereocenters. The lowest BCUT2D eigenvalue weighted by Crippen LogP contribution is -2.46. The number of imidazole rings is 1. The van der Waals surface area contributed by atoms with E-state index in [1.165, 1.54) is 18.3 Å². The molecule has 2 aliphatic rings. The Kier molecular flexibility index (Phi) is 8.10. The Morgan fingerprint density at radius 1 is 1.02 bits per heavy atom. The highest BCUT2D eigenvalue weighted by molar-refractivity contribution is 5.51. The van der Waals surface area contributed by atoms with Gasteiger partial charge in [-0.2, -0.15) is 0 Å². The van der Waals surface area contributed by atoms with E-state index in [0.29, 0.717) is 25.3 Å². The molecular weight excluding hydrogens is 531 g/mol. The van der Waals surface area contributed by atoms with E-state index in [0.717, 1.165) is 44.0 Å². The Balaban J connectivity index is 1.03. The summed E-state index contributed by atoms with van der Waals surface area (Å²) in [5.74, 6) is 0.257. The Morgan fingerprint density at radius 2 is 1.73 bits per heavy atom. The maximum absolute atomic E-state index is 12.3. The van der Waals surface area contributed by atoms with Crippen molar-refractivity contribution in [1.82, 2.24) is 14.5 Å². The van der Waals surface area contributed by atoms with Crippen LogP contribution in [0.1, 0.15) is 12.0 Å². The monoisotopic (exact) mass is 559 g/mol. The van der Waals surface area contributed by atoms with E-state index >= 15 is 0 Å². The van der Waals surface area contributed by atoms with E-state index in [9.17, 15) is 23.3 Å². The van der Waals surface area contributed by atoms with E-state index in [-0.39, 0.29) is 23.7 Å². The largest absolute Gasteiger partial charge is 0.573 e. The van der Waals surface area contributed by atoms with E-state index in [4.69, 9.17) is 9.47 Å². The van der Waals surface area contributed by atoms with Crippen molar-refractivity contribution in [1.29, 1.82) is 0 Å². The second-order valence-electron chi connectivity index (χ2n) is 9.47. The Hall–Kier alpha value is -4.26. The van der Waals surface area contributed by atoms with Gasteiger partial charge < -0.3 is 29.2 Å². The predicted molar refractivity (Wildman–Crippen MR) is 141 cm³/mol. The number of ether oxygens (including phenoxy) is 3. The number of alkyl halides is 3. The van der Waals surface area contributed by atoms with E-state index in [2.05, 4.69) is 19.5 Å². The van der Waals surface area contributed by atoms with E-state index in [1.54, 1.807) is 16.7 Å². The number of aryl methyl sites for hydroxylation is 1. The number of nitrogens with zero attached hydrogens (tertiary/aromatic N) is 5. The molecule has 1 aromatic heterocycles. The molecule has 0 spiro atoms. The first kappa shape index (κ1) is 27.3. The molecule has 0 aliphatic carbocycles. The lowest BCUT2D eigenvalue weighted by Gasteiger charge is -2.35. The summed E-state index contributed by atoms with van der Waals surface area (Å²) in [4.78, 5) is 18.9. The molecule has 1 fully saturated rings. The predicted octanol–water partition coefficient (Wildman–Crippen LogP) is 4.76. The zero-order valence-electron chi connectivity index (χ0n) is 21.5. The molecular formula is C27H28F3N5O5. The van der Waals surface area contributed by atoms with Gasteiger partial charge in [0.1, 0.15) is 30.4 Å². The lowest BCUT2D eigenvalue weighted by molar-refractivity contribution is -0.389. The highest BCUT2D eigenvalue weighted by Gasteiger charge is 2.31. The Labute approximate surface area is 228 Å². The second-order valence-corrected chi connectivity index (χ2v) is 9.47. The minimum atomic E-state index is -4.69. The Morgan fingerprint density at radius 3 is 2.40 bits per heavy atom. The maximum atomic E-state index is 12.3. The third-order valence-corrected chi connectivity index (χ3v) is 6.68. The number of fused-ring (bicyclic) bond motifs is 1. The molecule has 0 amide bonds. The smallest absolute Gasteiger partial charge is 0.490 e. The molecule has 2 aromatic carbocycles. The third-order valence-electron chi connectivity index (χ3n) is 6.68. The number of benzene rings is 2. The normalized spacial score (nSPS) is 17.9. The van der Waals surface area contributed by atoms with E-state index in [1.807, 2.05) is 36.4 Å². The van der Waals surface area contributed by atoms with Crippen molar-refractivity contribution < 1.29 is 32.3 Å². The van der Waals surface area contributed by atoms with Gasteiger partial charge in [-0.05, 0) is 46.9 Å². The number of hydrogen-bond donors (Lipinski definition) is 0. The molecule has 1 atom stereocenters. The van der Waals surface area contributed by atoms with Gasteiger partial charge in [0.25, 0.3) is 0 Å². The van der Waals surface area contributed by atoms with Crippen LogP contribution in [0.3, 0.4) is 0 Å². The van der Waals surface area contributed by atoms with Crippen LogP contribution in [0.4, 0.5) is 24.7 Å². The summed E-state index contributed by atoms with van der Waals surface area (Å²) < 4.78 is 54.0. The molecule has 5 rings (SSSR count). The molecule has 0 radical (unpaired) electrons. The number of nitro groups is 1. The zero-order valence-corrected chi connectivity index (χ0v) is 21.5. The highest BCUT2D eigenvalue weighted by atomic mass is 19.4. The van der Waals surface area contributed by atoms with Crippen LogP contribution in [0, 0.1) is 10.1 Å². The molecule has 1 saturated heterocycles. The van der Waals surface area contributed by atoms with Crippen molar-refractivity contribution in [3.63, 3.8) is 0 Å². The molecule has 40 heavy (non-hydrogen) atoms. The van der Waals surface area contributed by atoms with Crippen LogP contribution in [0.5, 0.6) is 17.5 Å². The molecule has 3 heterocycles. The van der Waals surface area contributed by atoms with Gasteiger partial charge in [0.2, 0.25) is 0 Å². The summed E-state index contributed by atoms with van der Waals surface area (Å²) in [6.07, 6.45) is 1.01. The van der Waals surface area contributed by atoms with Crippen LogP contribution in [-0.2, 0) is 6.54 Å². The Bertz CT molecular complexity index is 1320. The van der Waals surface area contributed by atoms with Crippen LogP contribution in [0.15, 0.2) is 60.8 Å². The fourth-order valence-electron chi connectivity index (χ4n) is 4.59. The van der Waals surface area contributed by atoms with Crippen molar-refractivity contribution in [2.75, 3.05) is 44.2 Å². The SMILES string of the molecule is O=[N+]([O-])c1cn2c(n1)O[C@@H](COc1ccc(N3CCN(C/C=C/c4ccc(OC(F)(F)F)cc4)CC3)cc1)CC2. The van der Waals surface area contributed by atoms with Gasteiger partial charge in [0.05, 0.1) is 0 Å². The number of rotatable bonds is 9. The molecule has 212 valence electrons. The molecule has 0 bridgehead atoms. The van der Waals surface area contributed by atoms with Crippen molar-refractivity contribution in [2.24, 2.45) is 0 Å². The summed E-state index contributed by atoms with van der Waals surface area (Å²) in [6.45, 7) is 5.15. The van der Waals surface area contributed by atoms with E-state index < -0.39 is 11.3 Å². The number of hydrogen-bond acceptors (Lipinski definition) is 8. The summed E-state index contributed by atoms with van der Waals surface area (Å²) in [5.41, 5.74) is 1.91. The number of piperazine rings is 1. The van der Waals surface area contributed by atoms with Gasteiger partial charge in [0.15, 0.2) is 0 Å². The quantitative estimate of drug-likeness (QED) is 0.274. The van der Waals surface area contributed by atoms with Gasteiger partial charge in [0, 0.05) is 56.4 Å². The van der Waals surface area contributed by atoms with Gasteiger partial charge in [-0.15, -0.1) is 13.2 Å². The number of anilines is 1. The molecule has 2 aliphatic heterocycles. The molecule has 13 heteroatoms. The topological polar surface area (TPSA) is 95.1 Å². The van der Waals surface area contributed by atoms with Gasteiger partial charge in [-0.3, -0.25) is 9.47 Å². The number of halogens is 3. The average molecular weight is 560 g/mol. The van der Waals surface area contributed by atoms with Crippen molar-refractivity contribution in [3.05, 3.63) is 76.5 Å². The van der Waals surface area contributed by atoms with Gasteiger partial charge in [-0.25, -0.2) is 0 Å². The van der Waals surface area contributed by atoms with Crippen molar-refractivity contribution >= 4 is 17.6 Å². The maximum Gasteiger partial charge on any atom is 0.573 e. The van der Waals surface area contributed by atoms with Crippen LogP contribution >= 0.6 is 0 Å². The minimum absolute atomic E-state index is 0.225. The van der Waals surface area contributed by atoms with Crippen LogP contribution in [0.25, 0.3) is 6.08 Å². The highest BCUT2D eigenvalue weighted by Crippen LogP contribution is 2.26. The lowest BCUT2D eigenvalue weighted by atomic mass is 10.2. The minimum Gasteiger partial charge on any atom is -0.490 e. The molecule has 0 N–H and O–H groups in total. The standard InChI is InChI=1S/C27H28F3N5O5/c28-27(29,30)40-23-7-3-20(4-8-23)2-1-12-32-14-16-33(17-15-32)21-5-9-22(10-6-21)38-19-24-11-13-34-18-25(35(36)37)31-26(34)39-24/h1-10,18,24H,11-17,19H2/b2-1+/t24-/m1/s1.